The van der Waals surface area contributed by atoms with Crippen LogP contribution in [0.4, 0.5) is 17.1 Å². The quantitative estimate of drug-likeness (QED) is 0.0778. The van der Waals surface area contributed by atoms with Crippen molar-refractivity contribution in [2.75, 3.05) is 16.0 Å². The molecule has 4 aromatic carbocycles. The zero-order chi connectivity index (χ0) is 38.2. The summed E-state index contributed by atoms with van der Waals surface area (Å²) in [5.74, 6) is -3.32. The number of nitrogens with zero attached hydrogens (tertiary/aromatic N) is 1. The van der Waals surface area contributed by atoms with Crippen molar-refractivity contribution in [2.24, 2.45) is 5.92 Å². The summed E-state index contributed by atoms with van der Waals surface area (Å²) in [4.78, 5) is 64.5. The number of hydrogen-bond acceptors (Lipinski definition) is 9. The molecule has 0 saturated heterocycles. The number of Topliss-reactive ketones (excluding diaryl/α,β-unsaturated/α-hetero) is 2. The summed E-state index contributed by atoms with van der Waals surface area (Å²) in [6.45, 7) is 4.95. The average molecular weight is 713 g/mol. The Morgan fingerprint density at radius 3 is 1.96 bits per heavy atom. The molecule has 0 spiro atoms. The maximum absolute atomic E-state index is 13.1. The van der Waals surface area contributed by atoms with E-state index in [0.717, 1.165) is 0 Å². The number of phenols is 2. The number of anilines is 3. The van der Waals surface area contributed by atoms with Crippen LogP contribution in [0.1, 0.15) is 76.5 Å². The molecule has 0 saturated carbocycles. The van der Waals surface area contributed by atoms with Gasteiger partial charge in [-0.2, -0.15) is 5.26 Å². The van der Waals surface area contributed by atoms with Crippen LogP contribution in [0.15, 0.2) is 95.8 Å². The van der Waals surface area contributed by atoms with Gasteiger partial charge in [0.05, 0.1) is 29.4 Å². The number of carbonyl (C=O) groups excluding carboxylic acids is 5. The molecule has 5 N–H and O–H groups in total. The van der Waals surface area contributed by atoms with Crippen LogP contribution < -0.4 is 16.0 Å². The minimum Gasteiger partial charge on any atom is -0.507 e. The summed E-state index contributed by atoms with van der Waals surface area (Å²) in [5.41, 5.74) is 4.11. The lowest BCUT2D eigenvalue weighted by Crippen LogP contribution is -2.25. The van der Waals surface area contributed by atoms with E-state index < -0.39 is 23.6 Å². The van der Waals surface area contributed by atoms with Crippen molar-refractivity contribution >= 4 is 46.4 Å². The third-order valence-electron chi connectivity index (χ3n) is 8.84. The molecular weight excluding hydrogens is 676 g/mol. The van der Waals surface area contributed by atoms with Crippen LogP contribution in [0.5, 0.6) is 11.5 Å². The lowest BCUT2D eigenvalue weighted by atomic mass is 9.94. The number of carbonyl (C=O) groups is 5. The Kier molecular flexibility index (Phi) is 11.5. The number of furan rings is 1. The minimum absolute atomic E-state index is 0.0237. The molecule has 0 aliphatic heterocycles. The number of ketones is 2. The molecule has 0 fully saturated rings. The first kappa shape index (κ1) is 37.3. The van der Waals surface area contributed by atoms with Gasteiger partial charge in [-0.1, -0.05) is 30.3 Å². The van der Waals surface area contributed by atoms with Gasteiger partial charge >= 0.3 is 0 Å². The van der Waals surface area contributed by atoms with E-state index in [-0.39, 0.29) is 64.7 Å². The van der Waals surface area contributed by atoms with Gasteiger partial charge in [0.2, 0.25) is 5.91 Å². The molecule has 5 rings (SSSR count). The SMILES string of the molecule is Cc1ccc(NC(=O)c2ccc(NC(=O)c3ccc(NC(=O)C(CC#N)CC(=O)c4ccc(CC(=O)c5ccoc5)cc4)cc3)c(C)c2O)c(C)c1O. The molecule has 3 amide bonds. The van der Waals surface area contributed by atoms with Gasteiger partial charge in [-0.05, 0) is 80.4 Å². The van der Waals surface area contributed by atoms with Crippen LogP contribution in [-0.4, -0.2) is 39.5 Å². The fourth-order valence-electron chi connectivity index (χ4n) is 5.55. The van der Waals surface area contributed by atoms with E-state index in [1.807, 2.05) is 6.07 Å². The van der Waals surface area contributed by atoms with Crippen molar-refractivity contribution in [3.8, 4) is 17.6 Å². The van der Waals surface area contributed by atoms with Crippen molar-refractivity contribution in [1.82, 2.24) is 0 Å². The number of rotatable bonds is 13. The topological polar surface area (TPSA) is 199 Å². The number of nitrogens with one attached hydrogen (secondary N) is 3. The molecule has 53 heavy (non-hydrogen) atoms. The van der Waals surface area contributed by atoms with E-state index in [4.69, 9.17) is 4.42 Å². The minimum atomic E-state index is -0.938. The third kappa shape index (κ3) is 8.84. The van der Waals surface area contributed by atoms with E-state index in [1.54, 1.807) is 63.2 Å². The number of phenolic OH excluding ortho intramolecular Hbond substituents is 2. The summed E-state index contributed by atoms with van der Waals surface area (Å²) in [5, 5.41) is 38.5. The molecule has 1 heterocycles. The molecule has 0 aliphatic carbocycles. The second-order valence-corrected chi connectivity index (χ2v) is 12.5. The van der Waals surface area contributed by atoms with Crippen molar-refractivity contribution in [2.45, 2.75) is 40.0 Å². The first-order valence-electron chi connectivity index (χ1n) is 16.6. The molecule has 1 unspecified atom stereocenters. The Hall–Kier alpha value is -7.00. The van der Waals surface area contributed by atoms with E-state index in [2.05, 4.69) is 16.0 Å². The molecule has 1 atom stereocenters. The Labute approximate surface area is 305 Å². The highest BCUT2D eigenvalue weighted by Crippen LogP contribution is 2.32. The lowest BCUT2D eigenvalue weighted by Gasteiger charge is -2.15. The van der Waals surface area contributed by atoms with Gasteiger partial charge in [-0.15, -0.1) is 0 Å². The first-order valence-corrected chi connectivity index (χ1v) is 16.6. The maximum atomic E-state index is 13.1. The van der Waals surface area contributed by atoms with Crippen LogP contribution in [0, 0.1) is 38.0 Å². The van der Waals surface area contributed by atoms with Gasteiger partial charge in [0.25, 0.3) is 11.8 Å². The van der Waals surface area contributed by atoms with Gasteiger partial charge < -0.3 is 30.6 Å². The van der Waals surface area contributed by atoms with Crippen LogP contribution in [0.2, 0.25) is 0 Å². The van der Waals surface area contributed by atoms with Crippen LogP contribution in [0.3, 0.4) is 0 Å². The van der Waals surface area contributed by atoms with Crippen LogP contribution >= 0.6 is 0 Å². The van der Waals surface area contributed by atoms with Gasteiger partial charge in [0.15, 0.2) is 11.6 Å². The molecule has 0 radical (unpaired) electrons. The van der Waals surface area contributed by atoms with Crippen molar-refractivity contribution in [3.05, 3.63) is 136 Å². The highest BCUT2D eigenvalue weighted by molar-refractivity contribution is 6.09. The molecule has 268 valence electrons. The van der Waals surface area contributed by atoms with Gasteiger partial charge in [-0.3, -0.25) is 24.0 Å². The third-order valence-corrected chi connectivity index (χ3v) is 8.84. The Balaban J connectivity index is 1.17. The zero-order valence-electron chi connectivity index (χ0n) is 29.2. The Morgan fingerprint density at radius 2 is 1.32 bits per heavy atom. The Morgan fingerprint density at radius 1 is 0.698 bits per heavy atom. The number of aryl methyl sites for hydroxylation is 1. The fraction of sp³-hybridized carbons (Fsp3) is 0.171. The highest BCUT2D eigenvalue weighted by Gasteiger charge is 2.24. The molecular formula is C41H36N4O8. The summed E-state index contributed by atoms with van der Waals surface area (Å²) in [7, 11) is 0. The monoisotopic (exact) mass is 712 g/mol. The van der Waals surface area contributed by atoms with E-state index in [9.17, 15) is 39.4 Å². The van der Waals surface area contributed by atoms with E-state index in [1.165, 1.54) is 48.9 Å². The van der Waals surface area contributed by atoms with Crippen molar-refractivity contribution in [3.63, 3.8) is 0 Å². The molecule has 0 bridgehead atoms. The van der Waals surface area contributed by atoms with Crippen molar-refractivity contribution in [1.29, 1.82) is 5.26 Å². The predicted octanol–water partition coefficient (Wildman–Crippen LogP) is 7.29. The normalized spacial score (nSPS) is 11.2. The van der Waals surface area contributed by atoms with Gasteiger partial charge in [0.1, 0.15) is 17.8 Å². The maximum Gasteiger partial charge on any atom is 0.259 e. The summed E-state index contributed by atoms with van der Waals surface area (Å²) in [6.07, 6.45) is 2.51. The summed E-state index contributed by atoms with van der Waals surface area (Å²) in [6, 6.07) is 22.2. The van der Waals surface area contributed by atoms with Gasteiger partial charge in [-0.25, -0.2) is 0 Å². The second kappa shape index (κ2) is 16.3. The predicted molar refractivity (Wildman–Crippen MR) is 197 cm³/mol. The van der Waals surface area contributed by atoms with Crippen molar-refractivity contribution < 1.29 is 38.6 Å². The summed E-state index contributed by atoms with van der Waals surface area (Å²) < 4.78 is 4.95. The number of nitriles is 1. The fourth-order valence-corrected chi connectivity index (χ4v) is 5.55. The van der Waals surface area contributed by atoms with Gasteiger partial charge in [0, 0.05) is 58.6 Å². The number of aromatic hydroxyl groups is 2. The van der Waals surface area contributed by atoms with Crippen LogP contribution in [0.25, 0.3) is 0 Å². The number of hydrogen-bond donors (Lipinski definition) is 5. The molecule has 12 heteroatoms. The lowest BCUT2D eigenvalue weighted by molar-refractivity contribution is -0.119. The molecule has 12 nitrogen and oxygen atoms in total. The molecule has 5 aromatic rings. The number of amides is 3. The molecule has 0 aliphatic rings. The standard InChI is InChI=1S/C41H36N4O8/c1-23-4-14-33(24(2)37(23)48)45-41(52)32-13-15-34(25(3)38(32)49)44-39(50)28-9-11-31(12-10-28)43-40(51)29(16-18-42)21-36(47)27-7-5-26(6-8-27)20-35(46)30-17-19-53-22-30/h4-15,17,19,22,29,48-49H,16,20-21H2,1-3H3,(H,43,51)(H,44,50)(H,45,52). The highest BCUT2D eigenvalue weighted by atomic mass is 16.3. The second-order valence-electron chi connectivity index (χ2n) is 12.5. The molecule has 1 aromatic heterocycles. The first-order chi connectivity index (χ1) is 25.4. The number of benzene rings is 4. The Bertz CT molecular complexity index is 2240. The van der Waals surface area contributed by atoms with Crippen LogP contribution in [-0.2, 0) is 11.2 Å². The largest absolute Gasteiger partial charge is 0.507 e. The smallest absolute Gasteiger partial charge is 0.259 e. The van der Waals surface area contributed by atoms with E-state index in [0.29, 0.717) is 39.2 Å². The summed E-state index contributed by atoms with van der Waals surface area (Å²) >= 11 is 0. The zero-order valence-corrected chi connectivity index (χ0v) is 29.2. The van der Waals surface area contributed by atoms with E-state index >= 15 is 0 Å². The average Bonchev–Trinajstić information content (AvgIpc) is 3.70.